The van der Waals surface area contributed by atoms with E-state index in [1.165, 1.54) is 30.4 Å². The summed E-state index contributed by atoms with van der Waals surface area (Å²) >= 11 is 1.68. The molecule has 2 aromatic heterocycles. The molecule has 0 spiro atoms. The summed E-state index contributed by atoms with van der Waals surface area (Å²) in [4.78, 5) is 14.0. The van der Waals surface area contributed by atoms with Crippen molar-refractivity contribution in [2.24, 2.45) is 0 Å². The number of rotatable bonds is 5. The highest BCUT2D eigenvalue weighted by Crippen LogP contribution is 2.30. The summed E-state index contributed by atoms with van der Waals surface area (Å²) in [5.41, 5.74) is 4.06. The van der Waals surface area contributed by atoms with E-state index in [0.29, 0.717) is 0 Å². The van der Waals surface area contributed by atoms with Crippen molar-refractivity contribution in [2.45, 2.75) is 44.7 Å². The van der Waals surface area contributed by atoms with Crippen molar-refractivity contribution in [3.05, 3.63) is 75.7 Å². The zero-order chi connectivity index (χ0) is 17.9. The lowest BCUT2D eigenvalue weighted by Gasteiger charge is -2.23. The predicted molar refractivity (Wildman–Crippen MR) is 104 cm³/mol. The van der Waals surface area contributed by atoms with Gasteiger partial charge in [-0.2, -0.15) is 5.10 Å². The lowest BCUT2D eigenvalue weighted by Crippen LogP contribution is -2.34. The van der Waals surface area contributed by atoms with Gasteiger partial charge in [0.25, 0.3) is 0 Å². The lowest BCUT2D eigenvalue weighted by molar-refractivity contribution is -0.124. The van der Waals surface area contributed by atoms with E-state index < -0.39 is 0 Å². The molecule has 1 aliphatic carbocycles. The van der Waals surface area contributed by atoms with E-state index >= 15 is 0 Å². The van der Waals surface area contributed by atoms with E-state index in [-0.39, 0.29) is 18.0 Å². The van der Waals surface area contributed by atoms with Crippen molar-refractivity contribution in [1.82, 2.24) is 15.1 Å². The molecule has 4 rings (SSSR count). The van der Waals surface area contributed by atoms with Gasteiger partial charge in [0.05, 0.1) is 6.04 Å². The summed E-state index contributed by atoms with van der Waals surface area (Å²) in [5.74, 6) is -0.0233. The van der Waals surface area contributed by atoms with Crippen molar-refractivity contribution in [2.75, 3.05) is 0 Å². The van der Waals surface area contributed by atoms with Gasteiger partial charge in [0.2, 0.25) is 5.91 Å². The van der Waals surface area contributed by atoms with Gasteiger partial charge < -0.3 is 5.32 Å². The van der Waals surface area contributed by atoms with E-state index in [1.54, 1.807) is 22.2 Å². The van der Waals surface area contributed by atoms with E-state index in [4.69, 9.17) is 0 Å². The number of fused-ring (bicyclic) bond motifs is 1. The van der Waals surface area contributed by atoms with Gasteiger partial charge in [0, 0.05) is 17.3 Å². The van der Waals surface area contributed by atoms with Crippen LogP contribution in [0.2, 0.25) is 0 Å². The maximum Gasteiger partial charge on any atom is 0.245 e. The van der Waals surface area contributed by atoms with Gasteiger partial charge in [-0.25, -0.2) is 0 Å². The Kier molecular flexibility index (Phi) is 4.89. The average Bonchev–Trinajstić information content (AvgIpc) is 3.38. The molecule has 1 N–H and O–H groups in total. The van der Waals surface area contributed by atoms with Gasteiger partial charge in [-0.05, 0) is 66.8 Å². The Hall–Kier alpha value is -2.40. The van der Waals surface area contributed by atoms with Crippen LogP contribution in [0, 0.1) is 0 Å². The maximum absolute atomic E-state index is 12.8. The van der Waals surface area contributed by atoms with Crippen LogP contribution in [0.25, 0.3) is 0 Å². The van der Waals surface area contributed by atoms with Crippen molar-refractivity contribution in [3.8, 4) is 0 Å². The van der Waals surface area contributed by atoms with Gasteiger partial charge >= 0.3 is 0 Å². The third-order valence-electron chi connectivity index (χ3n) is 5.12. The smallest absolute Gasteiger partial charge is 0.245 e. The Labute approximate surface area is 157 Å². The van der Waals surface area contributed by atoms with Crippen LogP contribution in [0.1, 0.15) is 53.4 Å². The second-order valence-electron chi connectivity index (χ2n) is 6.85. The molecule has 0 unspecified atom stereocenters. The number of amides is 1. The first-order valence-electron chi connectivity index (χ1n) is 9.17. The van der Waals surface area contributed by atoms with Crippen molar-refractivity contribution >= 4 is 17.2 Å². The van der Waals surface area contributed by atoms with E-state index in [2.05, 4.69) is 40.1 Å². The standard InChI is InChI=1S/C21H23N3OS/c1-15(24-12-5-11-22-24)21(25)23-20(19-8-4-13-26-19)18-10-9-16-6-2-3-7-17(16)14-18/h4-5,8-15,20H,2-3,6-7H2,1H3,(H,23,25)/t15-,20-/m0/s1. The molecule has 0 bridgehead atoms. The maximum atomic E-state index is 12.8. The molecule has 134 valence electrons. The molecule has 5 heteroatoms. The number of carbonyl (C=O) groups is 1. The van der Waals surface area contributed by atoms with E-state index in [9.17, 15) is 4.79 Å². The monoisotopic (exact) mass is 365 g/mol. The second kappa shape index (κ2) is 7.46. The lowest BCUT2D eigenvalue weighted by atomic mass is 9.89. The van der Waals surface area contributed by atoms with Crippen LogP contribution in [0.15, 0.2) is 54.2 Å². The summed E-state index contributed by atoms with van der Waals surface area (Å²) in [6.07, 6.45) is 8.36. The first kappa shape index (κ1) is 17.0. The van der Waals surface area contributed by atoms with Crippen LogP contribution in [0.4, 0.5) is 0 Å². The average molecular weight is 366 g/mol. The van der Waals surface area contributed by atoms with Gasteiger partial charge in [-0.3, -0.25) is 9.48 Å². The largest absolute Gasteiger partial charge is 0.343 e. The molecule has 0 radical (unpaired) electrons. The Balaban J connectivity index is 1.62. The first-order chi connectivity index (χ1) is 12.7. The molecule has 0 aliphatic heterocycles. The number of thiophene rings is 1. The summed E-state index contributed by atoms with van der Waals surface area (Å²) in [6.45, 7) is 1.88. The molecular formula is C21H23N3OS. The Bertz CT molecular complexity index is 871. The minimum atomic E-state index is -0.343. The summed E-state index contributed by atoms with van der Waals surface area (Å²) in [7, 11) is 0. The van der Waals surface area contributed by atoms with Crippen molar-refractivity contribution in [3.63, 3.8) is 0 Å². The van der Waals surface area contributed by atoms with Crippen LogP contribution < -0.4 is 5.32 Å². The number of benzene rings is 1. The molecule has 4 nitrogen and oxygen atoms in total. The fourth-order valence-corrected chi connectivity index (χ4v) is 4.40. The van der Waals surface area contributed by atoms with Crippen LogP contribution in [-0.2, 0) is 17.6 Å². The molecule has 0 saturated heterocycles. The molecule has 1 amide bonds. The number of hydrogen-bond donors (Lipinski definition) is 1. The SMILES string of the molecule is C[C@@H](C(=O)N[C@@H](c1ccc2c(c1)CCCC2)c1cccs1)n1cccn1. The van der Waals surface area contributed by atoms with E-state index in [0.717, 1.165) is 16.9 Å². The van der Waals surface area contributed by atoms with Crippen LogP contribution >= 0.6 is 11.3 Å². The molecule has 0 fully saturated rings. The summed E-state index contributed by atoms with van der Waals surface area (Å²) in [5, 5.41) is 9.50. The molecule has 3 aromatic rings. The summed E-state index contributed by atoms with van der Waals surface area (Å²) < 4.78 is 1.69. The highest BCUT2D eigenvalue weighted by Gasteiger charge is 2.23. The molecule has 26 heavy (non-hydrogen) atoms. The third-order valence-corrected chi connectivity index (χ3v) is 6.06. The van der Waals surface area contributed by atoms with Crippen LogP contribution in [-0.4, -0.2) is 15.7 Å². The van der Waals surface area contributed by atoms with Gasteiger partial charge in [0.1, 0.15) is 6.04 Å². The minimum Gasteiger partial charge on any atom is -0.343 e. The Morgan fingerprint density at radius 1 is 1.19 bits per heavy atom. The zero-order valence-corrected chi connectivity index (χ0v) is 15.7. The number of aromatic nitrogens is 2. The summed E-state index contributed by atoms with van der Waals surface area (Å²) in [6, 6.07) is 12.2. The Morgan fingerprint density at radius 2 is 2.04 bits per heavy atom. The zero-order valence-electron chi connectivity index (χ0n) is 14.9. The third kappa shape index (κ3) is 3.44. The topological polar surface area (TPSA) is 46.9 Å². The highest BCUT2D eigenvalue weighted by atomic mass is 32.1. The highest BCUT2D eigenvalue weighted by molar-refractivity contribution is 7.10. The molecule has 1 aliphatic rings. The molecule has 2 atom stereocenters. The van der Waals surface area contributed by atoms with Crippen LogP contribution in [0.3, 0.4) is 0 Å². The molecule has 0 saturated carbocycles. The van der Waals surface area contributed by atoms with Crippen molar-refractivity contribution < 1.29 is 4.79 Å². The fraction of sp³-hybridized carbons (Fsp3) is 0.333. The van der Waals surface area contributed by atoms with Gasteiger partial charge in [0.15, 0.2) is 0 Å². The normalized spacial score (nSPS) is 15.9. The number of nitrogens with one attached hydrogen (secondary N) is 1. The number of nitrogens with zero attached hydrogens (tertiary/aromatic N) is 2. The number of aryl methyl sites for hydroxylation is 2. The fourth-order valence-electron chi connectivity index (χ4n) is 3.60. The quantitative estimate of drug-likeness (QED) is 0.733. The molecular weight excluding hydrogens is 342 g/mol. The van der Waals surface area contributed by atoms with Crippen LogP contribution in [0.5, 0.6) is 0 Å². The predicted octanol–water partition coefficient (Wildman–Crippen LogP) is 4.29. The Morgan fingerprint density at radius 3 is 2.77 bits per heavy atom. The number of hydrogen-bond acceptors (Lipinski definition) is 3. The van der Waals surface area contributed by atoms with Gasteiger partial charge in [-0.1, -0.05) is 24.3 Å². The molecule has 1 aromatic carbocycles. The van der Waals surface area contributed by atoms with Gasteiger partial charge in [-0.15, -0.1) is 11.3 Å². The van der Waals surface area contributed by atoms with E-state index in [1.807, 2.05) is 25.3 Å². The first-order valence-corrected chi connectivity index (χ1v) is 10.0. The second-order valence-corrected chi connectivity index (χ2v) is 7.83. The van der Waals surface area contributed by atoms with Crippen molar-refractivity contribution in [1.29, 1.82) is 0 Å². The minimum absolute atomic E-state index is 0.0233. The molecule has 2 heterocycles. The number of carbonyl (C=O) groups excluding carboxylic acids is 1.